The van der Waals surface area contributed by atoms with Crippen LogP contribution in [0.4, 0.5) is 0 Å². The summed E-state index contributed by atoms with van der Waals surface area (Å²) in [4.78, 5) is 0. The Kier molecular flexibility index (Phi) is 4.95. The normalized spacial score (nSPS) is 16.7. The zero-order valence-corrected chi connectivity index (χ0v) is 11.0. The Morgan fingerprint density at radius 2 is 2.12 bits per heavy atom. The van der Waals surface area contributed by atoms with E-state index in [0.717, 1.165) is 5.57 Å². The van der Waals surface area contributed by atoms with Gasteiger partial charge in [-0.25, -0.2) is 8.42 Å². The summed E-state index contributed by atoms with van der Waals surface area (Å²) in [5, 5.41) is 3.22. The van der Waals surface area contributed by atoms with Crippen molar-refractivity contribution in [3.05, 3.63) is 12.2 Å². The van der Waals surface area contributed by atoms with Crippen LogP contribution in [0.3, 0.4) is 0 Å². The van der Waals surface area contributed by atoms with E-state index < -0.39 is 10.0 Å². The van der Waals surface area contributed by atoms with E-state index in [1.807, 2.05) is 13.8 Å². The van der Waals surface area contributed by atoms with E-state index in [4.69, 9.17) is 0 Å². The van der Waals surface area contributed by atoms with E-state index >= 15 is 0 Å². The van der Waals surface area contributed by atoms with Gasteiger partial charge in [0.25, 0.3) is 0 Å². The van der Waals surface area contributed by atoms with Gasteiger partial charge >= 0.3 is 0 Å². The quantitative estimate of drug-likeness (QED) is 0.649. The smallest absolute Gasteiger partial charge is 0.215 e. The number of hydrogen-bond acceptors (Lipinski definition) is 3. The lowest BCUT2D eigenvalue weighted by Gasteiger charge is -2.20. The van der Waals surface area contributed by atoms with Crippen LogP contribution >= 0.6 is 0 Å². The molecule has 0 heterocycles. The maximum atomic E-state index is 11.9. The zero-order chi connectivity index (χ0) is 12.2. The lowest BCUT2D eigenvalue weighted by Crippen LogP contribution is -2.37. The number of nitrogens with zero attached hydrogens (tertiary/aromatic N) is 1. The summed E-state index contributed by atoms with van der Waals surface area (Å²) in [6, 6.07) is 0.561. The van der Waals surface area contributed by atoms with Crippen molar-refractivity contribution in [2.75, 3.05) is 25.4 Å². The molecule has 0 unspecified atom stereocenters. The minimum absolute atomic E-state index is 0.185. The molecule has 0 aliphatic heterocycles. The summed E-state index contributed by atoms with van der Waals surface area (Å²) in [5.41, 5.74) is 0.876. The minimum atomic E-state index is -3.13. The van der Waals surface area contributed by atoms with Crippen molar-refractivity contribution in [1.29, 1.82) is 0 Å². The zero-order valence-electron chi connectivity index (χ0n) is 10.2. The molecule has 94 valence electrons. The van der Waals surface area contributed by atoms with Crippen LogP contribution in [-0.2, 0) is 10.0 Å². The standard InChI is InChI=1S/C11H22N2O2S/c1-4-13(9-10(2)3)16(14,15)8-7-12-11-5-6-11/h11-12H,2,4-9H2,1,3H3. The maximum absolute atomic E-state index is 11.9. The second-order valence-electron chi connectivity index (χ2n) is 4.43. The molecule has 0 aromatic carbocycles. The van der Waals surface area contributed by atoms with Crippen molar-refractivity contribution in [2.45, 2.75) is 32.7 Å². The lowest BCUT2D eigenvalue weighted by molar-refractivity contribution is 0.451. The van der Waals surface area contributed by atoms with Gasteiger partial charge in [-0.2, -0.15) is 4.31 Å². The molecule has 0 atom stereocenters. The maximum Gasteiger partial charge on any atom is 0.215 e. The van der Waals surface area contributed by atoms with E-state index in [9.17, 15) is 8.42 Å². The number of likely N-dealkylation sites (N-methyl/N-ethyl adjacent to an activating group) is 1. The van der Waals surface area contributed by atoms with Gasteiger partial charge in [0.05, 0.1) is 5.75 Å². The summed E-state index contributed by atoms with van der Waals surface area (Å²) in [6.45, 7) is 8.96. The first kappa shape index (κ1) is 13.7. The summed E-state index contributed by atoms with van der Waals surface area (Å²) in [6.07, 6.45) is 2.37. The van der Waals surface area contributed by atoms with E-state index in [-0.39, 0.29) is 5.75 Å². The number of hydrogen-bond donors (Lipinski definition) is 1. The van der Waals surface area contributed by atoms with Crippen LogP contribution in [0.5, 0.6) is 0 Å². The largest absolute Gasteiger partial charge is 0.313 e. The van der Waals surface area contributed by atoms with Gasteiger partial charge in [-0.3, -0.25) is 0 Å². The first-order valence-electron chi connectivity index (χ1n) is 5.81. The molecule has 0 radical (unpaired) electrons. The molecule has 0 amide bonds. The Hall–Kier alpha value is -0.390. The van der Waals surface area contributed by atoms with Gasteiger partial charge in [0.1, 0.15) is 0 Å². The first-order valence-corrected chi connectivity index (χ1v) is 7.42. The highest BCUT2D eigenvalue weighted by molar-refractivity contribution is 7.89. The van der Waals surface area contributed by atoms with Crippen molar-refractivity contribution in [3.8, 4) is 0 Å². The second kappa shape index (κ2) is 5.80. The molecule has 1 rings (SSSR count). The second-order valence-corrected chi connectivity index (χ2v) is 6.52. The number of sulfonamides is 1. The summed E-state index contributed by atoms with van der Waals surface area (Å²) in [5.74, 6) is 0.185. The Labute approximate surface area is 98.8 Å². The van der Waals surface area contributed by atoms with Crippen molar-refractivity contribution >= 4 is 10.0 Å². The number of rotatable bonds is 8. The van der Waals surface area contributed by atoms with Crippen molar-refractivity contribution in [2.24, 2.45) is 0 Å². The highest BCUT2D eigenvalue weighted by Gasteiger charge is 2.23. The molecular weight excluding hydrogens is 224 g/mol. The highest BCUT2D eigenvalue weighted by Crippen LogP contribution is 2.18. The van der Waals surface area contributed by atoms with Gasteiger partial charge in [0.2, 0.25) is 10.0 Å². The van der Waals surface area contributed by atoms with Crippen molar-refractivity contribution in [1.82, 2.24) is 9.62 Å². The molecule has 4 nitrogen and oxygen atoms in total. The monoisotopic (exact) mass is 246 g/mol. The van der Waals surface area contributed by atoms with Gasteiger partial charge in [0, 0.05) is 25.7 Å². The molecule has 0 aromatic heterocycles. The summed E-state index contributed by atoms with van der Waals surface area (Å²) >= 11 is 0. The molecule has 1 aliphatic carbocycles. The average Bonchev–Trinajstić information content (AvgIpc) is 2.97. The van der Waals surface area contributed by atoms with Gasteiger partial charge in [-0.05, 0) is 19.8 Å². The summed E-state index contributed by atoms with van der Waals surface area (Å²) < 4.78 is 25.4. The lowest BCUT2D eigenvalue weighted by atomic mass is 10.3. The molecule has 0 saturated heterocycles. The Balaban J connectivity index is 2.41. The molecule has 1 N–H and O–H groups in total. The molecule has 0 spiro atoms. The average molecular weight is 246 g/mol. The fraction of sp³-hybridized carbons (Fsp3) is 0.818. The van der Waals surface area contributed by atoms with Crippen LogP contribution in [0.2, 0.25) is 0 Å². The molecule has 1 fully saturated rings. The third-order valence-electron chi connectivity index (χ3n) is 2.56. The third kappa shape index (κ3) is 4.63. The predicted octanol–water partition coefficient (Wildman–Crippen LogP) is 0.966. The minimum Gasteiger partial charge on any atom is -0.313 e. The van der Waals surface area contributed by atoms with Crippen LogP contribution in [0, 0.1) is 0 Å². The van der Waals surface area contributed by atoms with Gasteiger partial charge in [-0.1, -0.05) is 19.1 Å². The molecule has 1 saturated carbocycles. The van der Waals surface area contributed by atoms with Gasteiger partial charge < -0.3 is 5.32 Å². The van der Waals surface area contributed by atoms with Gasteiger partial charge in [0.15, 0.2) is 0 Å². The van der Waals surface area contributed by atoms with Crippen LogP contribution in [0.25, 0.3) is 0 Å². The van der Waals surface area contributed by atoms with Gasteiger partial charge in [-0.15, -0.1) is 0 Å². The van der Waals surface area contributed by atoms with E-state index in [1.54, 1.807) is 0 Å². The number of nitrogens with one attached hydrogen (secondary N) is 1. The molecule has 0 aromatic rings. The fourth-order valence-electron chi connectivity index (χ4n) is 1.52. The SMILES string of the molecule is C=C(C)CN(CC)S(=O)(=O)CCNC1CC1. The molecule has 0 bridgehead atoms. The molecular formula is C11H22N2O2S. The van der Waals surface area contributed by atoms with Crippen LogP contribution in [0.1, 0.15) is 26.7 Å². The summed E-state index contributed by atoms with van der Waals surface area (Å²) in [7, 11) is -3.13. The van der Waals surface area contributed by atoms with Crippen molar-refractivity contribution < 1.29 is 8.42 Å². The van der Waals surface area contributed by atoms with Crippen LogP contribution < -0.4 is 5.32 Å². The van der Waals surface area contributed by atoms with Crippen LogP contribution in [0.15, 0.2) is 12.2 Å². The van der Waals surface area contributed by atoms with Crippen molar-refractivity contribution in [3.63, 3.8) is 0 Å². The van der Waals surface area contributed by atoms with Crippen LogP contribution in [-0.4, -0.2) is 44.2 Å². The third-order valence-corrected chi connectivity index (χ3v) is 4.46. The van der Waals surface area contributed by atoms with E-state index in [1.165, 1.54) is 17.1 Å². The molecule has 1 aliphatic rings. The first-order chi connectivity index (χ1) is 7.45. The van der Waals surface area contributed by atoms with E-state index in [2.05, 4.69) is 11.9 Å². The Morgan fingerprint density at radius 3 is 2.56 bits per heavy atom. The predicted molar refractivity (Wildman–Crippen MR) is 66.9 cm³/mol. The molecule has 16 heavy (non-hydrogen) atoms. The van der Waals surface area contributed by atoms with E-state index in [0.29, 0.717) is 25.7 Å². The topological polar surface area (TPSA) is 49.4 Å². The Morgan fingerprint density at radius 1 is 1.50 bits per heavy atom. The fourth-order valence-corrected chi connectivity index (χ4v) is 2.96. The Bertz CT molecular complexity index is 334. The molecule has 5 heteroatoms. The highest BCUT2D eigenvalue weighted by atomic mass is 32.2.